The highest BCUT2D eigenvalue weighted by atomic mass is 16.3. The molecule has 0 aromatic heterocycles. The molecule has 80 valence electrons. The monoisotopic (exact) mass is 187 g/mol. The Balaban J connectivity index is 3.67. The molecule has 1 unspecified atom stereocenters. The lowest BCUT2D eigenvalue weighted by molar-refractivity contribution is 0.223. The van der Waals surface area contributed by atoms with E-state index in [2.05, 4.69) is 26.1 Å². The summed E-state index contributed by atoms with van der Waals surface area (Å²) < 4.78 is 0. The first-order valence-electron chi connectivity index (χ1n) is 5.65. The quantitative estimate of drug-likeness (QED) is 0.611. The van der Waals surface area contributed by atoms with Crippen LogP contribution in [-0.4, -0.2) is 23.8 Å². The third-order valence-electron chi connectivity index (χ3n) is 2.58. The molecule has 0 aliphatic carbocycles. The van der Waals surface area contributed by atoms with Crippen molar-refractivity contribution in [3.8, 4) is 0 Å². The highest BCUT2D eigenvalue weighted by Crippen LogP contribution is 2.05. The van der Waals surface area contributed by atoms with Gasteiger partial charge in [-0.15, -0.1) is 0 Å². The van der Waals surface area contributed by atoms with E-state index in [9.17, 15) is 0 Å². The molecule has 0 amide bonds. The predicted molar refractivity (Wildman–Crippen MR) is 57.9 cm³/mol. The van der Waals surface area contributed by atoms with E-state index >= 15 is 0 Å². The van der Waals surface area contributed by atoms with Crippen LogP contribution >= 0.6 is 0 Å². The summed E-state index contributed by atoms with van der Waals surface area (Å²) in [5, 5.41) is 12.5. The molecule has 0 saturated carbocycles. The first kappa shape index (κ1) is 12.9. The molecule has 0 aromatic rings. The van der Waals surface area contributed by atoms with Crippen LogP contribution in [0.3, 0.4) is 0 Å². The molecule has 0 spiro atoms. The van der Waals surface area contributed by atoms with Gasteiger partial charge in [-0.25, -0.2) is 0 Å². The number of hydrogen-bond acceptors (Lipinski definition) is 2. The topological polar surface area (TPSA) is 32.3 Å². The van der Waals surface area contributed by atoms with E-state index in [1.165, 1.54) is 19.3 Å². The molecular weight excluding hydrogens is 162 g/mol. The lowest BCUT2D eigenvalue weighted by Crippen LogP contribution is -2.39. The molecular formula is C11H25NO. The summed E-state index contributed by atoms with van der Waals surface area (Å²) in [4.78, 5) is 0. The number of aliphatic hydroxyl groups is 1. The predicted octanol–water partition coefficient (Wildman–Crippen LogP) is 2.32. The van der Waals surface area contributed by atoms with Gasteiger partial charge in [0.25, 0.3) is 0 Å². The Bertz CT molecular complexity index is 102. The molecule has 2 N–H and O–H groups in total. The van der Waals surface area contributed by atoms with E-state index in [-0.39, 0.29) is 6.61 Å². The smallest absolute Gasteiger partial charge is 0.0584 e. The first-order valence-corrected chi connectivity index (χ1v) is 5.65. The average Bonchev–Trinajstić information content (AvgIpc) is 2.19. The number of rotatable bonds is 8. The Kier molecular flexibility index (Phi) is 8.46. The number of nitrogens with one attached hydrogen (secondary N) is 1. The second kappa shape index (κ2) is 8.52. The van der Waals surface area contributed by atoms with Crippen molar-refractivity contribution in [2.75, 3.05) is 6.61 Å². The van der Waals surface area contributed by atoms with Crippen LogP contribution in [-0.2, 0) is 0 Å². The molecule has 0 heterocycles. The zero-order chi connectivity index (χ0) is 10.1. The van der Waals surface area contributed by atoms with Crippen molar-refractivity contribution >= 4 is 0 Å². The second-order valence-corrected chi connectivity index (χ2v) is 3.70. The fourth-order valence-corrected chi connectivity index (χ4v) is 1.49. The molecule has 2 atom stereocenters. The highest BCUT2D eigenvalue weighted by molar-refractivity contribution is 4.71. The van der Waals surface area contributed by atoms with Crippen LogP contribution in [0.15, 0.2) is 0 Å². The fraction of sp³-hybridized carbons (Fsp3) is 1.00. The third kappa shape index (κ3) is 6.05. The van der Waals surface area contributed by atoms with Gasteiger partial charge in [-0.2, -0.15) is 0 Å². The maximum Gasteiger partial charge on any atom is 0.0584 e. The van der Waals surface area contributed by atoms with Crippen LogP contribution in [0.1, 0.15) is 52.9 Å². The van der Waals surface area contributed by atoms with Gasteiger partial charge in [-0.3, -0.25) is 0 Å². The minimum absolute atomic E-state index is 0.263. The van der Waals surface area contributed by atoms with Crippen molar-refractivity contribution in [2.24, 2.45) is 0 Å². The molecule has 13 heavy (non-hydrogen) atoms. The number of hydrogen-bond donors (Lipinski definition) is 2. The summed E-state index contributed by atoms with van der Waals surface area (Å²) >= 11 is 0. The molecule has 0 aromatic carbocycles. The van der Waals surface area contributed by atoms with Crippen molar-refractivity contribution in [1.29, 1.82) is 0 Å². The van der Waals surface area contributed by atoms with Crippen LogP contribution in [0, 0.1) is 0 Å². The zero-order valence-corrected chi connectivity index (χ0v) is 9.34. The largest absolute Gasteiger partial charge is 0.395 e. The molecule has 0 aliphatic heterocycles. The molecule has 0 rings (SSSR count). The Hall–Kier alpha value is -0.0800. The molecule has 2 nitrogen and oxygen atoms in total. The Labute approximate surface area is 82.7 Å². The molecule has 0 radical (unpaired) electrons. The Morgan fingerprint density at radius 1 is 1.08 bits per heavy atom. The Morgan fingerprint density at radius 2 is 1.69 bits per heavy atom. The Morgan fingerprint density at radius 3 is 2.08 bits per heavy atom. The summed E-state index contributed by atoms with van der Waals surface area (Å²) in [7, 11) is 0. The SMILES string of the molecule is CCCCC(CC)N[C@@H](CC)CO. The lowest BCUT2D eigenvalue weighted by Gasteiger charge is -2.22. The minimum Gasteiger partial charge on any atom is -0.395 e. The van der Waals surface area contributed by atoms with E-state index in [0.29, 0.717) is 12.1 Å². The van der Waals surface area contributed by atoms with Crippen molar-refractivity contribution in [3.63, 3.8) is 0 Å². The summed E-state index contributed by atoms with van der Waals surface area (Å²) in [5.74, 6) is 0. The van der Waals surface area contributed by atoms with Crippen molar-refractivity contribution < 1.29 is 5.11 Å². The van der Waals surface area contributed by atoms with Crippen LogP contribution in [0.4, 0.5) is 0 Å². The fourth-order valence-electron chi connectivity index (χ4n) is 1.49. The third-order valence-corrected chi connectivity index (χ3v) is 2.58. The van der Waals surface area contributed by atoms with E-state index in [0.717, 1.165) is 12.8 Å². The standard InChI is InChI=1S/C11H25NO/c1-4-7-8-10(5-2)12-11(6-3)9-13/h10-13H,4-9H2,1-3H3/t10?,11-/m0/s1. The van der Waals surface area contributed by atoms with Crippen molar-refractivity contribution in [2.45, 2.75) is 65.0 Å². The summed E-state index contributed by atoms with van der Waals surface area (Å²) in [6.07, 6.45) is 5.96. The van der Waals surface area contributed by atoms with E-state index in [1.54, 1.807) is 0 Å². The minimum atomic E-state index is 0.263. The van der Waals surface area contributed by atoms with Crippen LogP contribution in [0.5, 0.6) is 0 Å². The molecule has 0 aliphatic rings. The van der Waals surface area contributed by atoms with Gasteiger partial charge in [0.2, 0.25) is 0 Å². The maximum absolute atomic E-state index is 9.03. The summed E-state index contributed by atoms with van der Waals surface area (Å²) in [6.45, 7) is 6.80. The summed E-state index contributed by atoms with van der Waals surface area (Å²) in [6, 6.07) is 0.888. The van der Waals surface area contributed by atoms with E-state index in [4.69, 9.17) is 5.11 Å². The molecule has 2 heteroatoms. The maximum atomic E-state index is 9.03. The van der Waals surface area contributed by atoms with Crippen LogP contribution in [0.2, 0.25) is 0 Å². The lowest BCUT2D eigenvalue weighted by atomic mass is 10.1. The van der Waals surface area contributed by atoms with Gasteiger partial charge in [0.1, 0.15) is 0 Å². The van der Waals surface area contributed by atoms with E-state index < -0.39 is 0 Å². The summed E-state index contributed by atoms with van der Waals surface area (Å²) in [5.41, 5.74) is 0. The normalized spacial score (nSPS) is 15.7. The molecule has 0 saturated heterocycles. The molecule has 0 bridgehead atoms. The van der Waals surface area contributed by atoms with Gasteiger partial charge in [-0.1, -0.05) is 33.6 Å². The first-order chi connectivity index (χ1) is 6.28. The van der Waals surface area contributed by atoms with Gasteiger partial charge in [0.05, 0.1) is 6.61 Å². The second-order valence-electron chi connectivity index (χ2n) is 3.70. The van der Waals surface area contributed by atoms with Gasteiger partial charge in [0.15, 0.2) is 0 Å². The van der Waals surface area contributed by atoms with Gasteiger partial charge in [0, 0.05) is 12.1 Å². The van der Waals surface area contributed by atoms with Crippen LogP contribution in [0.25, 0.3) is 0 Å². The molecule has 0 fully saturated rings. The number of unbranched alkanes of at least 4 members (excludes halogenated alkanes) is 1. The van der Waals surface area contributed by atoms with Gasteiger partial charge < -0.3 is 10.4 Å². The van der Waals surface area contributed by atoms with Crippen molar-refractivity contribution in [1.82, 2.24) is 5.32 Å². The zero-order valence-electron chi connectivity index (χ0n) is 9.34. The highest BCUT2D eigenvalue weighted by Gasteiger charge is 2.10. The van der Waals surface area contributed by atoms with Gasteiger partial charge >= 0.3 is 0 Å². The average molecular weight is 187 g/mol. The van der Waals surface area contributed by atoms with E-state index in [1.807, 2.05) is 0 Å². The number of aliphatic hydroxyl groups excluding tert-OH is 1. The van der Waals surface area contributed by atoms with Gasteiger partial charge in [-0.05, 0) is 19.3 Å². The van der Waals surface area contributed by atoms with Crippen LogP contribution < -0.4 is 5.32 Å². The van der Waals surface area contributed by atoms with Crippen molar-refractivity contribution in [3.05, 3.63) is 0 Å².